The molecule has 156 valence electrons. The van der Waals surface area contributed by atoms with Gasteiger partial charge in [-0.05, 0) is 48.0 Å². The molecule has 0 spiro atoms. The Hall–Kier alpha value is -4.44. The number of ether oxygens (including phenoxy) is 3. The van der Waals surface area contributed by atoms with E-state index in [0.29, 0.717) is 22.7 Å². The van der Waals surface area contributed by atoms with Crippen molar-refractivity contribution in [3.8, 4) is 34.8 Å². The van der Waals surface area contributed by atoms with Crippen molar-refractivity contribution in [3.63, 3.8) is 0 Å². The van der Waals surface area contributed by atoms with Crippen molar-refractivity contribution < 1.29 is 24.1 Å². The Morgan fingerprint density at radius 1 is 0.968 bits per heavy atom. The number of phenols is 1. The lowest BCUT2D eigenvalue weighted by atomic mass is 10.1. The van der Waals surface area contributed by atoms with Crippen LogP contribution in [0.25, 0.3) is 6.08 Å². The fourth-order valence-corrected chi connectivity index (χ4v) is 2.78. The van der Waals surface area contributed by atoms with Crippen molar-refractivity contribution in [1.29, 1.82) is 5.26 Å². The van der Waals surface area contributed by atoms with Crippen LogP contribution in [0.5, 0.6) is 28.7 Å². The Labute approximate surface area is 179 Å². The number of nitrogens with one attached hydrogen (secondary N) is 1. The molecule has 3 aromatic rings. The smallest absolute Gasteiger partial charge is 0.266 e. The fourth-order valence-electron chi connectivity index (χ4n) is 2.78. The molecular weight excluding hydrogens is 396 g/mol. The summed E-state index contributed by atoms with van der Waals surface area (Å²) in [6.45, 7) is 0. The highest BCUT2D eigenvalue weighted by Crippen LogP contribution is 2.37. The molecule has 3 aromatic carbocycles. The standard InChI is InChI=1S/C24H20N2O5/c1-29-21-13-16(14-22(30-2)23(21)27)12-17(15-25)24(28)26-19-10-6-7-11-20(19)31-18-8-4-3-5-9-18/h3-14,27H,1-2H3,(H,26,28)/b17-12-. The van der Waals surface area contributed by atoms with Gasteiger partial charge in [0.25, 0.3) is 5.91 Å². The molecule has 0 atom stereocenters. The first kappa shape index (κ1) is 21.3. The molecule has 2 N–H and O–H groups in total. The molecule has 3 rings (SSSR count). The Morgan fingerprint density at radius 2 is 1.58 bits per heavy atom. The number of methoxy groups -OCH3 is 2. The van der Waals surface area contributed by atoms with Gasteiger partial charge in [0.1, 0.15) is 17.4 Å². The van der Waals surface area contributed by atoms with Crippen LogP contribution in [0.1, 0.15) is 5.56 Å². The van der Waals surface area contributed by atoms with E-state index in [1.807, 2.05) is 24.3 Å². The number of amides is 1. The van der Waals surface area contributed by atoms with Crippen LogP contribution in [-0.4, -0.2) is 25.2 Å². The first-order valence-corrected chi connectivity index (χ1v) is 9.25. The number of para-hydroxylation sites is 3. The van der Waals surface area contributed by atoms with Gasteiger partial charge in [-0.2, -0.15) is 5.26 Å². The second kappa shape index (κ2) is 9.85. The highest BCUT2D eigenvalue weighted by molar-refractivity contribution is 6.10. The minimum atomic E-state index is -0.613. The van der Waals surface area contributed by atoms with Gasteiger partial charge in [-0.1, -0.05) is 30.3 Å². The molecule has 7 nitrogen and oxygen atoms in total. The molecule has 0 heterocycles. The van der Waals surface area contributed by atoms with Crippen LogP contribution in [0.3, 0.4) is 0 Å². The van der Waals surface area contributed by atoms with Crippen molar-refractivity contribution in [2.24, 2.45) is 0 Å². The van der Waals surface area contributed by atoms with Crippen LogP contribution >= 0.6 is 0 Å². The van der Waals surface area contributed by atoms with Gasteiger partial charge in [0, 0.05) is 0 Å². The van der Waals surface area contributed by atoms with Gasteiger partial charge in [-0.3, -0.25) is 4.79 Å². The number of hydrogen-bond donors (Lipinski definition) is 2. The second-order valence-corrected chi connectivity index (χ2v) is 6.31. The molecular formula is C24H20N2O5. The Morgan fingerprint density at radius 3 is 2.19 bits per heavy atom. The zero-order chi connectivity index (χ0) is 22.2. The Bertz CT molecular complexity index is 1130. The number of rotatable bonds is 7. The highest BCUT2D eigenvalue weighted by Gasteiger charge is 2.15. The van der Waals surface area contributed by atoms with Gasteiger partial charge in [0.05, 0.1) is 19.9 Å². The van der Waals surface area contributed by atoms with E-state index >= 15 is 0 Å². The molecule has 0 unspecified atom stereocenters. The van der Waals surface area contributed by atoms with Crippen molar-refractivity contribution in [1.82, 2.24) is 0 Å². The number of phenolic OH excluding ortho intramolecular Hbond substituents is 1. The zero-order valence-corrected chi connectivity index (χ0v) is 17.0. The lowest BCUT2D eigenvalue weighted by Crippen LogP contribution is -2.14. The van der Waals surface area contributed by atoms with E-state index in [-0.39, 0.29) is 22.8 Å². The molecule has 31 heavy (non-hydrogen) atoms. The number of nitrogens with zero attached hydrogens (tertiary/aromatic N) is 1. The zero-order valence-electron chi connectivity index (χ0n) is 17.0. The molecule has 0 fully saturated rings. The largest absolute Gasteiger partial charge is 0.502 e. The molecule has 0 radical (unpaired) electrons. The first-order chi connectivity index (χ1) is 15.0. The quantitative estimate of drug-likeness (QED) is 0.426. The minimum absolute atomic E-state index is 0.149. The van der Waals surface area contributed by atoms with E-state index < -0.39 is 5.91 Å². The number of hydrogen-bond acceptors (Lipinski definition) is 6. The molecule has 0 aliphatic carbocycles. The first-order valence-electron chi connectivity index (χ1n) is 9.25. The number of carbonyl (C=O) groups is 1. The van der Waals surface area contributed by atoms with Gasteiger partial charge in [0.15, 0.2) is 17.2 Å². The topological polar surface area (TPSA) is 101 Å². The Balaban J connectivity index is 1.87. The number of nitriles is 1. The van der Waals surface area contributed by atoms with E-state index in [9.17, 15) is 15.2 Å². The van der Waals surface area contributed by atoms with Crippen LogP contribution < -0.4 is 19.5 Å². The maximum atomic E-state index is 12.8. The second-order valence-electron chi connectivity index (χ2n) is 6.31. The molecule has 0 aliphatic heterocycles. The average molecular weight is 416 g/mol. The van der Waals surface area contributed by atoms with Crippen LogP contribution in [0.4, 0.5) is 5.69 Å². The van der Waals surface area contributed by atoms with Gasteiger partial charge < -0.3 is 24.6 Å². The molecule has 0 saturated carbocycles. The van der Waals surface area contributed by atoms with Gasteiger partial charge >= 0.3 is 0 Å². The van der Waals surface area contributed by atoms with E-state index in [4.69, 9.17) is 14.2 Å². The minimum Gasteiger partial charge on any atom is -0.502 e. The summed E-state index contributed by atoms with van der Waals surface area (Å²) < 4.78 is 16.1. The number of carbonyl (C=O) groups excluding carboxylic acids is 1. The Kier molecular flexibility index (Phi) is 6.76. The molecule has 7 heteroatoms. The lowest BCUT2D eigenvalue weighted by molar-refractivity contribution is -0.112. The van der Waals surface area contributed by atoms with Gasteiger partial charge in [0.2, 0.25) is 5.75 Å². The lowest BCUT2D eigenvalue weighted by Gasteiger charge is -2.12. The predicted molar refractivity (Wildman–Crippen MR) is 116 cm³/mol. The molecule has 0 aliphatic rings. The molecule has 0 saturated heterocycles. The summed E-state index contributed by atoms with van der Waals surface area (Å²) in [4.78, 5) is 12.8. The van der Waals surface area contributed by atoms with Crippen LogP contribution in [0, 0.1) is 11.3 Å². The van der Waals surface area contributed by atoms with Crippen LogP contribution in [0.2, 0.25) is 0 Å². The van der Waals surface area contributed by atoms with E-state index in [2.05, 4.69) is 5.32 Å². The summed E-state index contributed by atoms with van der Waals surface area (Å²) >= 11 is 0. The van der Waals surface area contributed by atoms with Crippen molar-refractivity contribution in [2.45, 2.75) is 0 Å². The number of benzene rings is 3. The normalized spacial score (nSPS) is 10.7. The summed E-state index contributed by atoms with van der Waals surface area (Å²) in [6, 6.07) is 21.0. The summed E-state index contributed by atoms with van der Waals surface area (Å²) in [5.74, 6) is 0.584. The highest BCUT2D eigenvalue weighted by atomic mass is 16.5. The third kappa shape index (κ3) is 5.14. The van der Waals surface area contributed by atoms with E-state index in [1.165, 1.54) is 32.4 Å². The van der Waals surface area contributed by atoms with E-state index in [0.717, 1.165) is 0 Å². The molecule has 1 amide bonds. The van der Waals surface area contributed by atoms with Crippen molar-refractivity contribution in [3.05, 3.63) is 77.9 Å². The maximum Gasteiger partial charge on any atom is 0.266 e. The number of anilines is 1. The monoisotopic (exact) mass is 416 g/mol. The fraction of sp³-hybridized carbons (Fsp3) is 0.0833. The third-order valence-corrected chi connectivity index (χ3v) is 4.28. The summed E-state index contributed by atoms with van der Waals surface area (Å²) in [5, 5.41) is 22.3. The molecule has 0 aromatic heterocycles. The average Bonchev–Trinajstić information content (AvgIpc) is 2.80. The van der Waals surface area contributed by atoms with Gasteiger partial charge in [-0.25, -0.2) is 0 Å². The predicted octanol–water partition coefficient (Wildman–Crippen LogP) is 4.75. The van der Waals surface area contributed by atoms with Crippen LogP contribution in [0.15, 0.2) is 72.3 Å². The third-order valence-electron chi connectivity index (χ3n) is 4.28. The summed E-state index contributed by atoms with van der Waals surface area (Å²) in [6.07, 6.45) is 1.38. The van der Waals surface area contributed by atoms with Crippen LogP contribution in [-0.2, 0) is 4.79 Å². The SMILES string of the molecule is COc1cc(/C=C(/C#N)C(=O)Nc2ccccc2Oc2ccccc2)cc(OC)c1O. The van der Waals surface area contributed by atoms with Crippen molar-refractivity contribution >= 4 is 17.7 Å². The number of aromatic hydroxyl groups is 1. The summed E-state index contributed by atoms with van der Waals surface area (Å²) in [7, 11) is 2.78. The van der Waals surface area contributed by atoms with Crippen molar-refractivity contribution in [2.75, 3.05) is 19.5 Å². The summed E-state index contributed by atoms with van der Waals surface area (Å²) in [5.41, 5.74) is 0.717. The van der Waals surface area contributed by atoms with Gasteiger partial charge in [-0.15, -0.1) is 0 Å². The van der Waals surface area contributed by atoms with E-state index in [1.54, 1.807) is 36.4 Å². The molecule has 0 bridgehead atoms. The maximum absolute atomic E-state index is 12.8.